The van der Waals surface area contributed by atoms with Crippen molar-refractivity contribution in [3.05, 3.63) is 18.2 Å². The molecule has 1 aromatic carbocycles. The molecule has 0 unspecified atom stereocenters. The van der Waals surface area contributed by atoms with Gasteiger partial charge in [0.2, 0.25) is 0 Å². The van der Waals surface area contributed by atoms with Crippen molar-refractivity contribution < 1.29 is 9.47 Å². The molecule has 0 saturated heterocycles. The quantitative estimate of drug-likeness (QED) is 0.714. The Morgan fingerprint density at radius 2 is 1.71 bits per heavy atom. The van der Waals surface area contributed by atoms with Crippen molar-refractivity contribution in [3.63, 3.8) is 0 Å². The fourth-order valence-corrected chi connectivity index (χ4v) is 2.03. The van der Waals surface area contributed by atoms with E-state index in [4.69, 9.17) is 9.47 Å². The van der Waals surface area contributed by atoms with Gasteiger partial charge in [-0.3, -0.25) is 0 Å². The molecule has 1 rings (SSSR count). The summed E-state index contributed by atoms with van der Waals surface area (Å²) in [5, 5.41) is 0.577. The minimum Gasteiger partial charge on any atom is -0.493 e. The number of ether oxygens (including phenoxy) is 2. The van der Waals surface area contributed by atoms with E-state index in [1.807, 2.05) is 30.0 Å². The van der Waals surface area contributed by atoms with E-state index < -0.39 is 0 Å². The molecule has 78 valence electrons. The maximum Gasteiger partial charge on any atom is 0.161 e. The normalized spacial score (nSPS) is 10.4. The van der Waals surface area contributed by atoms with Crippen LogP contribution in [-0.4, -0.2) is 19.5 Å². The van der Waals surface area contributed by atoms with Crippen molar-refractivity contribution in [2.24, 2.45) is 0 Å². The van der Waals surface area contributed by atoms with Crippen LogP contribution in [-0.2, 0) is 0 Å². The third-order valence-electron chi connectivity index (χ3n) is 1.73. The van der Waals surface area contributed by atoms with Gasteiger partial charge in [-0.25, -0.2) is 0 Å². The van der Waals surface area contributed by atoms with E-state index in [9.17, 15) is 0 Å². The highest BCUT2D eigenvalue weighted by Crippen LogP contribution is 2.33. The molecule has 0 aliphatic rings. The zero-order chi connectivity index (χ0) is 10.6. The zero-order valence-corrected chi connectivity index (χ0v) is 9.85. The molecule has 0 amide bonds. The molecular formula is C11H16O2S. The van der Waals surface area contributed by atoms with E-state index in [0.29, 0.717) is 5.25 Å². The largest absolute Gasteiger partial charge is 0.493 e. The zero-order valence-electron chi connectivity index (χ0n) is 9.03. The summed E-state index contributed by atoms with van der Waals surface area (Å²) in [6.45, 7) is 4.34. The van der Waals surface area contributed by atoms with Crippen LogP contribution in [0.15, 0.2) is 23.1 Å². The predicted molar refractivity (Wildman–Crippen MR) is 60.5 cm³/mol. The van der Waals surface area contributed by atoms with Gasteiger partial charge >= 0.3 is 0 Å². The Morgan fingerprint density at radius 1 is 1.07 bits per heavy atom. The van der Waals surface area contributed by atoms with Crippen LogP contribution in [0, 0.1) is 0 Å². The van der Waals surface area contributed by atoms with Crippen molar-refractivity contribution in [1.82, 2.24) is 0 Å². The number of methoxy groups -OCH3 is 2. The smallest absolute Gasteiger partial charge is 0.161 e. The van der Waals surface area contributed by atoms with Crippen molar-refractivity contribution >= 4 is 11.8 Å². The molecule has 0 aliphatic carbocycles. The van der Waals surface area contributed by atoms with Gasteiger partial charge in [0.1, 0.15) is 0 Å². The summed E-state index contributed by atoms with van der Waals surface area (Å²) in [5.41, 5.74) is 0. The van der Waals surface area contributed by atoms with Crippen molar-refractivity contribution in [1.29, 1.82) is 0 Å². The average Bonchev–Trinajstić information content (AvgIpc) is 2.16. The highest BCUT2D eigenvalue weighted by atomic mass is 32.2. The highest BCUT2D eigenvalue weighted by Gasteiger charge is 2.05. The number of rotatable bonds is 4. The highest BCUT2D eigenvalue weighted by molar-refractivity contribution is 7.99. The van der Waals surface area contributed by atoms with Gasteiger partial charge < -0.3 is 9.47 Å². The van der Waals surface area contributed by atoms with Gasteiger partial charge in [-0.1, -0.05) is 13.8 Å². The molecule has 2 nitrogen and oxygen atoms in total. The second kappa shape index (κ2) is 5.15. The first-order valence-corrected chi connectivity index (χ1v) is 5.44. The van der Waals surface area contributed by atoms with E-state index >= 15 is 0 Å². The van der Waals surface area contributed by atoms with E-state index in [1.165, 1.54) is 4.90 Å². The van der Waals surface area contributed by atoms with Crippen molar-refractivity contribution in [2.75, 3.05) is 14.2 Å². The molecule has 0 spiro atoms. The fourth-order valence-electron chi connectivity index (χ4n) is 1.16. The molecule has 0 bridgehead atoms. The maximum atomic E-state index is 5.22. The Bertz CT molecular complexity index is 297. The summed E-state index contributed by atoms with van der Waals surface area (Å²) >= 11 is 1.81. The number of hydrogen-bond acceptors (Lipinski definition) is 3. The van der Waals surface area contributed by atoms with Gasteiger partial charge in [0.25, 0.3) is 0 Å². The van der Waals surface area contributed by atoms with Crippen LogP contribution in [0.1, 0.15) is 13.8 Å². The summed E-state index contributed by atoms with van der Waals surface area (Å²) in [7, 11) is 3.30. The standard InChI is InChI=1S/C11H16O2S/c1-8(2)14-9-5-6-10(12-3)11(7-9)13-4/h5-8H,1-4H3. The van der Waals surface area contributed by atoms with E-state index in [2.05, 4.69) is 13.8 Å². The molecule has 0 radical (unpaired) electrons. The molecule has 0 N–H and O–H groups in total. The van der Waals surface area contributed by atoms with Crippen LogP contribution < -0.4 is 9.47 Å². The van der Waals surface area contributed by atoms with Crippen LogP contribution in [0.3, 0.4) is 0 Å². The lowest BCUT2D eigenvalue weighted by Gasteiger charge is -2.10. The Kier molecular flexibility index (Phi) is 4.14. The maximum absolute atomic E-state index is 5.22. The van der Waals surface area contributed by atoms with Crippen molar-refractivity contribution in [3.8, 4) is 11.5 Å². The van der Waals surface area contributed by atoms with Gasteiger partial charge in [0, 0.05) is 10.1 Å². The van der Waals surface area contributed by atoms with E-state index in [-0.39, 0.29) is 0 Å². The summed E-state index contributed by atoms with van der Waals surface area (Å²) in [4.78, 5) is 1.21. The molecule has 1 aromatic rings. The fraction of sp³-hybridized carbons (Fsp3) is 0.455. The Balaban J connectivity index is 2.89. The van der Waals surface area contributed by atoms with Crippen LogP contribution in [0.5, 0.6) is 11.5 Å². The van der Waals surface area contributed by atoms with Gasteiger partial charge in [-0.15, -0.1) is 11.8 Å². The van der Waals surface area contributed by atoms with E-state index in [1.54, 1.807) is 14.2 Å². The summed E-state index contributed by atoms with van der Waals surface area (Å²) in [6.07, 6.45) is 0. The van der Waals surface area contributed by atoms with Crippen LogP contribution in [0.2, 0.25) is 0 Å². The monoisotopic (exact) mass is 212 g/mol. The molecule has 0 atom stereocenters. The number of benzene rings is 1. The minimum atomic E-state index is 0.577. The lowest BCUT2D eigenvalue weighted by atomic mass is 10.3. The van der Waals surface area contributed by atoms with Crippen LogP contribution in [0.25, 0.3) is 0 Å². The third kappa shape index (κ3) is 2.84. The first-order valence-electron chi connectivity index (χ1n) is 4.56. The minimum absolute atomic E-state index is 0.577. The van der Waals surface area contributed by atoms with Gasteiger partial charge in [0.05, 0.1) is 14.2 Å². The molecule has 0 aromatic heterocycles. The first kappa shape index (κ1) is 11.2. The summed E-state index contributed by atoms with van der Waals surface area (Å²) in [5.74, 6) is 1.57. The van der Waals surface area contributed by atoms with Gasteiger partial charge in [0.15, 0.2) is 11.5 Å². The Labute approximate surface area is 89.6 Å². The number of hydrogen-bond donors (Lipinski definition) is 0. The first-order chi connectivity index (χ1) is 6.67. The Morgan fingerprint density at radius 3 is 2.21 bits per heavy atom. The van der Waals surface area contributed by atoms with Crippen LogP contribution >= 0.6 is 11.8 Å². The van der Waals surface area contributed by atoms with Crippen LogP contribution in [0.4, 0.5) is 0 Å². The number of thioether (sulfide) groups is 1. The van der Waals surface area contributed by atoms with E-state index in [0.717, 1.165) is 11.5 Å². The third-order valence-corrected chi connectivity index (χ3v) is 2.72. The molecule has 0 saturated carbocycles. The summed E-state index contributed by atoms with van der Waals surface area (Å²) < 4.78 is 10.4. The molecule has 3 heteroatoms. The molecule has 0 fully saturated rings. The molecule has 0 aliphatic heterocycles. The topological polar surface area (TPSA) is 18.5 Å². The summed E-state index contributed by atoms with van der Waals surface area (Å²) in [6, 6.07) is 5.99. The molecular weight excluding hydrogens is 196 g/mol. The van der Waals surface area contributed by atoms with Crippen molar-refractivity contribution in [2.45, 2.75) is 24.0 Å². The lowest BCUT2D eigenvalue weighted by molar-refractivity contribution is 0.354. The van der Waals surface area contributed by atoms with Gasteiger partial charge in [-0.05, 0) is 18.2 Å². The Hall–Kier alpha value is -0.830. The predicted octanol–water partition coefficient (Wildman–Crippen LogP) is 3.20. The lowest BCUT2D eigenvalue weighted by Crippen LogP contribution is -1.91. The second-order valence-corrected chi connectivity index (χ2v) is 4.83. The second-order valence-electron chi connectivity index (χ2n) is 3.18. The average molecular weight is 212 g/mol. The SMILES string of the molecule is COc1ccc(SC(C)C)cc1OC. The molecule has 0 heterocycles. The molecule has 14 heavy (non-hydrogen) atoms. The van der Waals surface area contributed by atoms with Gasteiger partial charge in [-0.2, -0.15) is 0 Å².